The van der Waals surface area contributed by atoms with Gasteiger partial charge >= 0.3 is 0 Å². The molecule has 1 aromatic heterocycles. The van der Waals surface area contributed by atoms with Crippen LogP contribution in [0.1, 0.15) is 24.7 Å². The highest BCUT2D eigenvalue weighted by Crippen LogP contribution is 2.37. The van der Waals surface area contributed by atoms with Gasteiger partial charge < -0.3 is 9.15 Å². The molecule has 1 aromatic rings. The minimum atomic E-state index is 0.334. The van der Waals surface area contributed by atoms with Crippen LogP contribution >= 0.6 is 39.3 Å². The molecule has 1 fully saturated rings. The maximum atomic E-state index is 5.83. The van der Waals surface area contributed by atoms with E-state index in [1.165, 1.54) is 11.8 Å². The fourth-order valence-electron chi connectivity index (χ4n) is 1.82. The van der Waals surface area contributed by atoms with Gasteiger partial charge in [-0.3, -0.25) is 0 Å². The van der Waals surface area contributed by atoms with Gasteiger partial charge in [-0.15, -0.1) is 0 Å². The van der Waals surface area contributed by atoms with Crippen molar-refractivity contribution < 1.29 is 9.15 Å². The molecule has 3 nitrogen and oxygen atoms in total. The van der Waals surface area contributed by atoms with Crippen LogP contribution < -0.4 is 0 Å². The Labute approximate surface area is 136 Å². The Hall–Kier alpha value is -0.490. The molecule has 1 aliphatic heterocycles. The van der Waals surface area contributed by atoms with Crippen LogP contribution in [0, 0.1) is 0 Å². The molecule has 2 heterocycles. The van der Waals surface area contributed by atoms with Gasteiger partial charge in [0.2, 0.25) is 0 Å². The molecule has 2 rings (SSSR count). The Morgan fingerprint density at radius 3 is 2.70 bits per heavy atom. The Morgan fingerprint density at radius 2 is 2.05 bits per heavy atom. The number of ether oxygens (including phenoxy) is 1. The van der Waals surface area contributed by atoms with Gasteiger partial charge in [0, 0.05) is 29.1 Å². The van der Waals surface area contributed by atoms with E-state index in [2.05, 4.69) is 34.1 Å². The van der Waals surface area contributed by atoms with E-state index < -0.39 is 0 Å². The summed E-state index contributed by atoms with van der Waals surface area (Å²) in [5.74, 6) is 1.10. The number of oxazole rings is 1. The summed E-state index contributed by atoms with van der Waals surface area (Å²) in [5.41, 5.74) is 0. The molecule has 0 aromatic carbocycles. The Balaban J connectivity index is 2.03. The number of halogens is 2. The number of allylic oxidation sites excluding steroid dienone is 3. The minimum Gasteiger partial charge on any atom is -0.433 e. The lowest BCUT2D eigenvalue weighted by Gasteiger charge is -2.18. The summed E-state index contributed by atoms with van der Waals surface area (Å²) in [6.07, 6.45) is 5.39. The smallest absolute Gasteiger partial charge is 0.200 e. The number of aromatic nitrogens is 1. The fourth-order valence-corrected chi connectivity index (χ4v) is 3.01. The van der Waals surface area contributed by atoms with Crippen LogP contribution in [-0.4, -0.2) is 18.2 Å². The van der Waals surface area contributed by atoms with Crippen LogP contribution in [-0.2, 0) is 4.74 Å². The van der Waals surface area contributed by atoms with Crippen molar-refractivity contribution >= 4 is 39.3 Å². The van der Waals surface area contributed by atoms with E-state index in [9.17, 15) is 0 Å². The second kappa shape index (κ2) is 7.50. The summed E-state index contributed by atoms with van der Waals surface area (Å²) in [4.78, 5) is 5.25. The average molecular weight is 377 g/mol. The van der Waals surface area contributed by atoms with Crippen molar-refractivity contribution in [2.75, 3.05) is 13.2 Å². The van der Waals surface area contributed by atoms with Crippen molar-refractivity contribution in [1.29, 1.82) is 0 Å². The Bertz CT molecular complexity index is 535. The number of nitrogens with zero attached hydrogens (tertiary/aromatic N) is 1. The highest BCUT2D eigenvalue weighted by molar-refractivity contribution is 9.10. The molecule has 0 bridgehead atoms. The summed E-state index contributed by atoms with van der Waals surface area (Å²) in [5, 5.41) is 1.17. The predicted octanol–water partition coefficient (Wildman–Crippen LogP) is 5.25. The van der Waals surface area contributed by atoms with Crippen LogP contribution in [0.2, 0.25) is 0 Å². The van der Waals surface area contributed by atoms with Crippen molar-refractivity contribution in [2.45, 2.75) is 23.9 Å². The van der Waals surface area contributed by atoms with Crippen LogP contribution in [0.15, 0.2) is 49.4 Å². The molecule has 0 amide bonds. The Morgan fingerprint density at radius 1 is 1.35 bits per heavy atom. The topological polar surface area (TPSA) is 35.3 Å². The van der Waals surface area contributed by atoms with Crippen molar-refractivity contribution in [3.05, 3.63) is 45.7 Å². The maximum absolute atomic E-state index is 5.83. The lowest BCUT2D eigenvalue weighted by Crippen LogP contribution is -2.14. The van der Waals surface area contributed by atoms with E-state index in [4.69, 9.17) is 20.8 Å². The first kappa shape index (κ1) is 15.9. The highest BCUT2D eigenvalue weighted by atomic mass is 79.9. The van der Waals surface area contributed by atoms with Crippen molar-refractivity contribution in [2.24, 2.45) is 0 Å². The third kappa shape index (κ3) is 4.52. The molecule has 108 valence electrons. The zero-order chi connectivity index (χ0) is 14.5. The van der Waals surface area contributed by atoms with Gasteiger partial charge in [0.1, 0.15) is 0 Å². The first-order chi connectivity index (χ1) is 9.56. The maximum Gasteiger partial charge on any atom is 0.200 e. The summed E-state index contributed by atoms with van der Waals surface area (Å²) < 4.78 is 11.9. The van der Waals surface area contributed by atoms with Crippen molar-refractivity contribution in [3.8, 4) is 0 Å². The lowest BCUT2D eigenvalue weighted by atomic mass is 10.0. The molecule has 0 spiro atoms. The minimum absolute atomic E-state index is 0.334. The molecule has 0 aliphatic carbocycles. The molecule has 20 heavy (non-hydrogen) atoms. The summed E-state index contributed by atoms with van der Waals surface area (Å²) >= 11 is 10.5. The monoisotopic (exact) mass is 375 g/mol. The number of thioether (sulfide) groups is 1. The Kier molecular flexibility index (Phi) is 5.96. The van der Waals surface area contributed by atoms with Gasteiger partial charge in [-0.2, -0.15) is 0 Å². The number of hydrogen-bond donors (Lipinski definition) is 0. The highest BCUT2D eigenvalue weighted by Gasteiger charge is 2.23. The normalized spacial score (nSPS) is 16.7. The van der Waals surface area contributed by atoms with Gasteiger partial charge in [0.05, 0.1) is 0 Å². The zero-order valence-corrected chi connectivity index (χ0v) is 14.1. The van der Waals surface area contributed by atoms with Crippen LogP contribution in [0.25, 0.3) is 0 Å². The van der Waals surface area contributed by atoms with Gasteiger partial charge in [0.25, 0.3) is 0 Å². The lowest BCUT2D eigenvalue weighted by molar-refractivity contribution is 0.0786. The second-order valence-electron chi connectivity index (χ2n) is 4.37. The summed E-state index contributed by atoms with van der Waals surface area (Å²) in [7, 11) is 0. The molecular weight excluding hydrogens is 362 g/mol. The zero-order valence-electron chi connectivity index (χ0n) is 10.9. The third-order valence-electron chi connectivity index (χ3n) is 2.82. The first-order valence-corrected chi connectivity index (χ1v) is 8.18. The van der Waals surface area contributed by atoms with Gasteiger partial charge in [-0.25, -0.2) is 4.98 Å². The molecular formula is C14H15BrClNO2S. The molecule has 0 atom stereocenters. The predicted molar refractivity (Wildman–Crippen MR) is 86.1 cm³/mol. The van der Waals surface area contributed by atoms with Crippen LogP contribution in [0.3, 0.4) is 0 Å². The molecule has 0 radical (unpaired) electrons. The quantitative estimate of drug-likeness (QED) is 0.519. The molecule has 0 N–H and O–H groups in total. The van der Waals surface area contributed by atoms with E-state index in [-0.39, 0.29) is 0 Å². The van der Waals surface area contributed by atoms with Crippen molar-refractivity contribution in [1.82, 2.24) is 4.98 Å². The van der Waals surface area contributed by atoms with Crippen molar-refractivity contribution in [3.63, 3.8) is 0 Å². The van der Waals surface area contributed by atoms with E-state index in [0.717, 1.165) is 36.9 Å². The molecule has 1 aliphatic rings. The van der Waals surface area contributed by atoms with Gasteiger partial charge in [0.15, 0.2) is 15.6 Å². The largest absolute Gasteiger partial charge is 0.433 e. The second-order valence-corrected chi connectivity index (χ2v) is 6.70. The SMILES string of the molecule is C=C(Cl)/C=C\C(=C)Sc1oc(C2CCOCC2)nc1Br. The first-order valence-electron chi connectivity index (χ1n) is 6.19. The summed E-state index contributed by atoms with van der Waals surface area (Å²) in [6, 6.07) is 0. The van der Waals surface area contributed by atoms with Gasteiger partial charge in [-0.1, -0.05) is 24.8 Å². The fraction of sp³-hybridized carbons (Fsp3) is 0.357. The molecule has 1 saturated heterocycles. The third-order valence-corrected chi connectivity index (χ3v) is 4.60. The van der Waals surface area contributed by atoms with E-state index in [0.29, 0.717) is 20.6 Å². The number of rotatable bonds is 5. The molecule has 0 saturated carbocycles. The molecule has 0 unspecified atom stereocenters. The molecule has 6 heteroatoms. The van der Waals surface area contributed by atoms with Crippen LogP contribution in [0.4, 0.5) is 0 Å². The standard InChI is InChI=1S/C14H15BrClNO2S/c1-9(16)3-4-10(2)20-14-12(15)17-13(19-14)11-5-7-18-8-6-11/h3-4,11H,1-2,5-8H2/b4-3-. The number of hydrogen-bond acceptors (Lipinski definition) is 4. The van der Waals surface area contributed by atoms with E-state index in [1.807, 2.05) is 0 Å². The summed E-state index contributed by atoms with van der Waals surface area (Å²) in [6.45, 7) is 9.05. The van der Waals surface area contributed by atoms with E-state index >= 15 is 0 Å². The average Bonchev–Trinajstić information content (AvgIpc) is 2.79. The van der Waals surface area contributed by atoms with Crippen LogP contribution in [0.5, 0.6) is 0 Å². The van der Waals surface area contributed by atoms with Gasteiger partial charge in [-0.05, 0) is 52.7 Å². The van der Waals surface area contributed by atoms with E-state index in [1.54, 1.807) is 12.2 Å².